The molecule has 26 heavy (non-hydrogen) atoms. The van der Waals surface area contributed by atoms with Crippen molar-refractivity contribution in [2.24, 2.45) is 0 Å². The Kier molecular flexibility index (Phi) is 6.45. The van der Waals surface area contributed by atoms with Crippen LogP contribution in [0.2, 0.25) is 0 Å². The van der Waals surface area contributed by atoms with E-state index in [1.165, 1.54) is 11.6 Å². The van der Waals surface area contributed by atoms with Crippen molar-refractivity contribution in [1.82, 2.24) is 5.32 Å². The number of hydrogen-bond donors (Lipinski definition) is 2. The smallest absolute Gasteiger partial charge is 0.331 e. The first-order chi connectivity index (χ1) is 12.7. The molecule has 1 fully saturated rings. The van der Waals surface area contributed by atoms with Crippen LogP contribution in [-0.4, -0.2) is 23.2 Å². The highest BCUT2D eigenvalue weighted by Crippen LogP contribution is 2.22. The lowest BCUT2D eigenvalue weighted by atomic mass is 9.93. The van der Waals surface area contributed by atoms with E-state index in [4.69, 9.17) is 4.74 Å². The van der Waals surface area contributed by atoms with Gasteiger partial charge in [0.15, 0.2) is 0 Å². The second-order valence-corrected chi connectivity index (χ2v) is 6.67. The van der Waals surface area contributed by atoms with Crippen LogP contribution in [0.3, 0.4) is 0 Å². The third kappa shape index (κ3) is 5.46. The molecule has 0 radical (unpaired) electrons. The zero-order chi connectivity index (χ0) is 18.2. The van der Waals surface area contributed by atoms with Crippen molar-refractivity contribution in [3.05, 3.63) is 71.8 Å². The Balaban J connectivity index is 1.39. The average molecular weight is 351 g/mol. The van der Waals surface area contributed by atoms with Gasteiger partial charge in [-0.25, -0.2) is 4.79 Å². The maximum absolute atomic E-state index is 12.0. The molecule has 1 aliphatic rings. The van der Waals surface area contributed by atoms with Gasteiger partial charge in [0.1, 0.15) is 11.9 Å². The van der Waals surface area contributed by atoms with Crippen molar-refractivity contribution >= 4 is 12.0 Å². The third-order valence-corrected chi connectivity index (χ3v) is 4.73. The zero-order valence-corrected chi connectivity index (χ0v) is 14.8. The molecule has 1 saturated carbocycles. The monoisotopic (exact) mass is 351 g/mol. The van der Waals surface area contributed by atoms with Gasteiger partial charge >= 0.3 is 5.97 Å². The summed E-state index contributed by atoms with van der Waals surface area (Å²) in [5.74, 6) is -0.199. The van der Waals surface area contributed by atoms with E-state index in [1.807, 2.05) is 12.1 Å². The Morgan fingerprint density at radius 1 is 1.04 bits per heavy atom. The lowest BCUT2D eigenvalue weighted by Crippen LogP contribution is -2.35. The minimum atomic E-state index is -0.353. The number of esters is 1. The van der Waals surface area contributed by atoms with Crippen LogP contribution in [0, 0.1) is 0 Å². The van der Waals surface area contributed by atoms with E-state index in [1.54, 1.807) is 24.3 Å². The first-order valence-electron chi connectivity index (χ1n) is 9.15. The highest BCUT2D eigenvalue weighted by Gasteiger charge is 2.23. The molecule has 0 aromatic heterocycles. The topological polar surface area (TPSA) is 58.6 Å². The molecule has 0 heterocycles. The SMILES string of the molecule is O=C(C=Cc1ccccc1O)OC1CCC(NCc2ccccc2)CC1. The number of nitrogens with one attached hydrogen (secondary N) is 1. The number of phenols is 1. The maximum Gasteiger partial charge on any atom is 0.331 e. The predicted molar refractivity (Wildman–Crippen MR) is 103 cm³/mol. The summed E-state index contributed by atoms with van der Waals surface area (Å²) >= 11 is 0. The largest absolute Gasteiger partial charge is 0.507 e. The number of rotatable bonds is 6. The predicted octanol–water partition coefficient (Wildman–Crippen LogP) is 4.05. The van der Waals surface area contributed by atoms with Gasteiger partial charge in [-0.3, -0.25) is 0 Å². The number of para-hydroxylation sites is 1. The van der Waals surface area contributed by atoms with Crippen molar-refractivity contribution in [2.75, 3.05) is 0 Å². The molecule has 136 valence electrons. The number of phenolic OH excluding ortho intramolecular Hbond substituents is 1. The fourth-order valence-corrected chi connectivity index (χ4v) is 3.23. The highest BCUT2D eigenvalue weighted by atomic mass is 16.5. The lowest BCUT2D eigenvalue weighted by molar-refractivity contribution is -0.144. The molecule has 0 atom stereocenters. The average Bonchev–Trinajstić information content (AvgIpc) is 2.68. The Hall–Kier alpha value is -2.59. The Morgan fingerprint density at radius 3 is 2.46 bits per heavy atom. The summed E-state index contributed by atoms with van der Waals surface area (Å²) in [4.78, 5) is 12.0. The van der Waals surface area contributed by atoms with Gasteiger partial charge in [-0.15, -0.1) is 0 Å². The standard InChI is InChI=1S/C22H25NO3/c24-21-9-5-4-8-18(21)10-15-22(25)26-20-13-11-19(12-14-20)23-16-17-6-2-1-3-7-17/h1-10,15,19-20,23-24H,11-14,16H2. The Morgan fingerprint density at radius 2 is 1.73 bits per heavy atom. The van der Waals surface area contributed by atoms with E-state index in [2.05, 4.69) is 29.6 Å². The minimum absolute atomic E-state index is 0.0219. The summed E-state index contributed by atoms with van der Waals surface area (Å²) in [7, 11) is 0. The van der Waals surface area contributed by atoms with Gasteiger partial charge in [0.05, 0.1) is 0 Å². The van der Waals surface area contributed by atoms with Crippen LogP contribution in [0.25, 0.3) is 6.08 Å². The molecular formula is C22H25NO3. The Labute approximate surface area is 154 Å². The molecule has 2 N–H and O–H groups in total. The fraction of sp³-hybridized carbons (Fsp3) is 0.318. The van der Waals surface area contributed by atoms with E-state index >= 15 is 0 Å². The van der Waals surface area contributed by atoms with Crippen molar-refractivity contribution in [2.45, 2.75) is 44.4 Å². The molecule has 0 amide bonds. The number of aromatic hydroxyl groups is 1. The molecule has 4 nitrogen and oxygen atoms in total. The lowest BCUT2D eigenvalue weighted by Gasteiger charge is -2.28. The molecule has 4 heteroatoms. The van der Waals surface area contributed by atoms with Crippen LogP contribution >= 0.6 is 0 Å². The van der Waals surface area contributed by atoms with Crippen LogP contribution in [0.4, 0.5) is 0 Å². The van der Waals surface area contributed by atoms with E-state index in [0.29, 0.717) is 11.6 Å². The summed E-state index contributed by atoms with van der Waals surface area (Å²) in [6.45, 7) is 0.874. The van der Waals surface area contributed by atoms with Crippen LogP contribution < -0.4 is 5.32 Å². The minimum Gasteiger partial charge on any atom is -0.507 e. The molecule has 2 aromatic carbocycles. The summed E-state index contributed by atoms with van der Waals surface area (Å²) < 4.78 is 5.53. The van der Waals surface area contributed by atoms with Crippen molar-refractivity contribution < 1.29 is 14.6 Å². The van der Waals surface area contributed by atoms with Gasteiger partial charge in [-0.05, 0) is 43.4 Å². The van der Waals surface area contributed by atoms with Gasteiger partial charge in [0.25, 0.3) is 0 Å². The van der Waals surface area contributed by atoms with Gasteiger partial charge in [0, 0.05) is 24.2 Å². The van der Waals surface area contributed by atoms with Gasteiger partial charge in [-0.1, -0.05) is 48.5 Å². The molecular weight excluding hydrogens is 326 g/mol. The molecule has 0 bridgehead atoms. The molecule has 0 saturated heterocycles. The highest BCUT2D eigenvalue weighted by molar-refractivity contribution is 5.87. The number of carbonyl (C=O) groups is 1. The summed E-state index contributed by atoms with van der Waals surface area (Å²) in [5.41, 5.74) is 1.90. The maximum atomic E-state index is 12.0. The summed E-state index contributed by atoms with van der Waals surface area (Å²) in [5, 5.41) is 13.3. The van der Waals surface area contributed by atoms with E-state index in [0.717, 1.165) is 32.2 Å². The molecule has 0 spiro atoms. The van der Waals surface area contributed by atoms with Crippen LogP contribution in [0.15, 0.2) is 60.7 Å². The number of ether oxygens (including phenoxy) is 1. The number of hydrogen-bond acceptors (Lipinski definition) is 4. The summed E-state index contributed by atoms with van der Waals surface area (Å²) in [6, 6.07) is 17.8. The third-order valence-electron chi connectivity index (χ3n) is 4.73. The first-order valence-corrected chi connectivity index (χ1v) is 9.15. The quantitative estimate of drug-likeness (QED) is 0.609. The first kappa shape index (κ1) is 18.2. The molecule has 2 aromatic rings. The summed E-state index contributed by atoms with van der Waals surface area (Å²) in [6.07, 6.45) is 6.72. The Bertz CT molecular complexity index is 734. The van der Waals surface area contributed by atoms with Gasteiger partial charge in [-0.2, -0.15) is 0 Å². The van der Waals surface area contributed by atoms with Crippen LogP contribution in [0.5, 0.6) is 5.75 Å². The molecule has 0 aliphatic heterocycles. The van der Waals surface area contributed by atoms with Gasteiger partial charge < -0.3 is 15.2 Å². The van der Waals surface area contributed by atoms with Gasteiger partial charge in [0.2, 0.25) is 0 Å². The number of carbonyl (C=O) groups excluding carboxylic acids is 1. The van der Waals surface area contributed by atoms with E-state index in [-0.39, 0.29) is 17.8 Å². The van der Waals surface area contributed by atoms with E-state index < -0.39 is 0 Å². The van der Waals surface area contributed by atoms with Crippen molar-refractivity contribution in [1.29, 1.82) is 0 Å². The van der Waals surface area contributed by atoms with E-state index in [9.17, 15) is 9.90 Å². The number of benzene rings is 2. The normalized spacial score (nSPS) is 20.2. The van der Waals surface area contributed by atoms with Crippen molar-refractivity contribution in [3.8, 4) is 5.75 Å². The molecule has 0 unspecified atom stereocenters. The fourth-order valence-electron chi connectivity index (χ4n) is 3.23. The van der Waals surface area contributed by atoms with Crippen LogP contribution in [-0.2, 0) is 16.1 Å². The van der Waals surface area contributed by atoms with Crippen LogP contribution in [0.1, 0.15) is 36.8 Å². The zero-order valence-electron chi connectivity index (χ0n) is 14.8. The second-order valence-electron chi connectivity index (χ2n) is 6.67. The van der Waals surface area contributed by atoms with Crippen molar-refractivity contribution in [3.63, 3.8) is 0 Å². The molecule has 1 aliphatic carbocycles. The second kappa shape index (κ2) is 9.20. The molecule has 3 rings (SSSR count).